The Labute approximate surface area is 225 Å². The molecule has 0 fully saturated rings. The molecular formula is C25H24Cl2N4O5S. The third kappa shape index (κ3) is 8.78. The molecule has 0 bridgehead atoms. The molecule has 0 aliphatic heterocycles. The largest absolute Gasteiger partial charge is 0.484 e. The number of hydrazone groups is 1. The predicted molar refractivity (Wildman–Crippen MR) is 146 cm³/mol. The number of sulfonamides is 1. The molecule has 0 radical (unpaired) electrons. The lowest BCUT2D eigenvalue weighted by molar-refractivity contribution is -0.119. The van der Waals surface area contributed by atoms with Crippen LogP contribution in [0.1, 0.15) is 11.1 Å². The molecule has 0 unspecified atom stereocenters. The highest BCUT2D eigenvalue weighted by Gasteiger charge is 2.21. The van der Waals surface area contributed by atoms with Crippen LogP contribution in [0.25, 0.3) is 0 Å². The normalized spacial score (nSPS) is 11.2. The fraction of sp³-hybridized carbons (Fsp3) is 0.160. The van der Waals surface area contributed by atoms with E-state index in [2.05, 4.69) is 15.8 Å². The molecule has 0 aromatic heterocycles. The molecule has 12 heteroatoms. The summed E-state index contributed by atoms with van der Waals surface area (Å²) in [7, 11) is -3.78. The lowest BCUT2D eigenvalue weighted by atomic mass is 10.2. The number of nitrogens with zero attached hydrogens (tertiary/aromatic N) is 2. The minimum atomic E-state index is -3.78. The van der Waals surface area contributed by atoms with Gasteiger partial charge in [-0.1, -0.05) is 40.9 Å². The number of anilines is 2. The van der Waals surface area contributed by atoms with Crippen molar-refractivity contribution in [1.82, 2.24) is 5.43 Å². The number of hydrogen-bond acceptors (Lipinski definition) is 6. The number of amides is 2. The van der Waals surface area contributed by atoms with Gasteiger partial charge in [0.15, 0.2) is 6.61 Å². The molecule has 0 aliphatic carbocycles. The number of benzene rings is 3. The Kier molecular flexibility index (Phi) is 9.51. The second kappa shape index (κ2) is 12.6. The average molecular weight is 563 g/mol. The van der Waals surface area contributed by atoms with Crippen LogP contribution in [0.4, 0.5) is 11.4 Å². The summed E-state index contributed by atoms with van der Waals surface area (Å²) in [6.07, 6.45) is 2.36. The van der Waals surface area contributed by atoms with Gasteiger partial charge in [-0.15, -0.1) is 0 Å². The van der Waals surface area contributed by atoms with Crippen molar-refractivity contribution in [2.45, 2.75) is 6.92 Å². The second-order valence-corrected chi connectivity index (χ2v) is 10.7. The van der Waals surface area contributed by atoms with Crippen molar-refractivity contribution in [3.05, 3.63) is 87.9 Å². The van der Waals surface area contributed by atoms with Gasteiger partial charge in [-0.2, -0.15) is 5.10 Å². The van der Waals surface area contributed by atoms with Gasteiger partial charge in [0, 0.05) is 5.69 Å². The summed E-state index contributed by atoms with van der Waals surface area (Å²) in [5, 5.41) is 7.03. The molecule has 9 nitrogen and oxygen atoms in total. The maximum absolute atomic E-state index is 12.3. The molecule has 0 spiro atoms. The van der Waals surface area contributed by atoms with Gasteiger partial charge >= 0.3 is 0 Å². The van der Waals surface area contributed by atoms with Crippen LogP contribution in [0.3, 0.4) is 0 Å². The molecule has 37 heavy (non-hydrogen) atoms. The van der Waals surface area contributed by atoms with Crippen LogP contribution in [0.5, 0.6) is 5.75 Å². The van der Waals surface area contributed by atoms with E-state index in [-0.39, 0.29) is 28.2 Å². The second-order valence-electron chi connectivity index (χ2n) is 7.93. The van der Waals surface area contributed by atoms with Crippen LogP contribution in [-0.4, -0.2) is 45.9 Å². The van der Waals surface area contributed by atoms with E-state index in [0.717, 1.165) is 16.1 Å². The van der Waals surface area contributed by atoms with Gasteiger partial charge in [0.25, 0.3) is 11.8 Å². The Morgan fingerprint density at radius 1 is 0.973 bits per heavy atom. The zero-order valence-corrected chi connectivity index (χ0v) is 22.3. The Bertz CT molecular complexity index is 1400. The molecule has 0 saturated carbocycles. The highest BCUT2D eigenvalue weighted by molar-refractivity contribution is 7.92. The van der Waals surface area contributed by atoms with Crippen molar-refractivity contribution >= 4 is 62.6 Å². The minimum Gasteiger partial charge on any atom is -0.484 e. The van der Waals surface area contributed by atoms with Gasteiger partial charge in [-0.3, -0.25) is 13.9 Å². The number of nitrogens with one attached hydrogen (secondary N) is 2. The van der Waals surface area contributed by atoms with Gasteiger partial charge < -0.3 is 10.1 Å². The van der Waals surface area contributed by atoms with Crippen LogP contribution in [0.2, 0.25) is 10.0 Å². The first-order valence-corrected chi connectivity index (χ1v) is 13.5. The van der Waals surface area contributed by atoms with Crippen molar-refractivity contribution in [3.8, 4) is 5.75 Å². The third-order valence-electron chi connectivity index (χ3n) is 4.87. The topological polar surface area (TPSA) is 117 Å². The Morgan fingerprint density at radius 3 is 2.27 bits per heavy atom. The SMILES string of the molecule is Cc1ccc(NC(=O)COc2ccc(/C=N\NC(=O)CN(c3ccc(Cl)c(Cl)c3)S(C)(=O)=O)cc2)cc1. The smallest absolute Gasteiger partial charge is 0.262 e. The van der Waals surface area contributed by atoms with Gasteiger partial charge in [0.1, 0.15) is 12.3 Å². The van der Waals surface area contributed by atoms with Crippen molar-refractivity contribution < 1.29 is 22.7 Å². The number of carbonyl (C=O) groups excluding carboxylic acids is 2. The van der Waals surface area contributed by atoms with Gasteiger partial charge in [0.05, 0.1) is 28.2 Å². The standard InChI is InChI=1S/C25H24Cl2N4O5S/c1-17-3-7-19(8-4-17)29-25(33)16-36-21-10-5-18(6-11-21)14-28-30-24(32)15-31(37(2,34)35)20-9-12-22(26)23(27)13-20/h3-14H,15-16H2,1-2H3,(H,29,33)(H,30,32)/b28-14-. The van der Waals surface area contributed by atoms with E-state index in [1.165, 1.54) is 24.4 Å². The molecular weight excluding hydrogens is 539 g/mol. The van der Waals surface area contributed by atoms with Gasteiger partial charge in [0.2, 0.25) is 10.0 Å². The number of aryl methyl sites for hydroxylation is 1. The molecule has 3 aromatic carbocycles. The summed E-state index contributed by atoms with van der Waals surface area (Å²) in [6.45, 7) is 1.29. The number of rotatable bonds is 10. The highest BCUT2D eigenvalue weighted by atomic mass is 35.5. The summed E-state index contributed by atoms with van der Waals surface area (Å²) < 4.78 is 30.7. The van der Waals surface area contributed by atoms with Crippen LogP contribution in [-0.2, 0) is 19.6 Å². The number of ether oxygens (including phenoxy) is 1. The molecule has 2 amide bonds. The molecule has 3 rings (SSSR count). The van der Waals surface area contributed by atoms with E-state index in [0.29, 0.717) is 17.0 Å². The molecule has 194 valence electrons. The van der Waals surface area contributed by atoms with Crippen molar-refractivity contribution in [3.63, 3.8) is 0 Å². The first kappa shape index (κ1) is 28.0. The average Bonchev–Trinajstić information content (AvgIpc) is 2.84. The summed E-state index contributed by atoms with van der Waals surface area (Å²) >= 11 is 11.9. The third-order valence-corrected chi connectivity index (χ3v) is 6.75. The molecule has 3 aromatic rings. The highest BCUT2D eigenvalue weighted by Crippen LogP contribution is 2.28. The van der Waals surface area contributed by atoms with Crippen LogP contribution >= 0.6 is 23.2 Å². The maximum atomic E-state index is 12.3. The molecule has 0 heterocycles. The number of halogens is 2. The first-order chi connectivity index (χ1) is 17.5. The quantitative estimate of drug-likeness (QED) is 0.283. The van der Waals surface area contributed by atoms with Crippen LogP contribution in [0, 0.1) is 6.92 Å². The zero-order valence-electron chi connectivity index (χ0n) is 19.9. The van der Waals surface area contributed by atoms with Gasteiger partial charge in [-0.05, 0) is 67.1 Å². The van der Waals surface area contributed by atoms with E-state index >= 15 is 0 Å². The van der Waals surface area contributed by atoms with E-state index < -0.39 is 22.5 Å². The fourth-order valence-electron chi connectivity index (χ4n) is 3.02. The summed E-state index contributed by atoms with van der Waals surface area (Å²) in [5.41, 5.74) is 4.90. The lowest BCUT2D eigenvalue weighted by Gasteiger charge is -2.21. The van der Waals surface area contributed by atoms with Crippen molar-refractivity contribution in [2.75, 3.05) is 29.0 Å². The molecule has 0 saturated heterocycles. The molecule has 0 aliphatic rings. The molecule has 0 atom stereocenters. The Balaban J connectivity index is 1.50. The minimum absolute atomic E-state index is 0.158. The number of carbonyl (C=O) groups is 2. The van der Waals surface area contributed by atoms with Gasteiger partial charge in [-0.25, -0.2) is 13.8 Å². The van der Waals surface area contributed by atoms with Crippen molar-refractivity contribution in [1.29, 1.82) is 0 Å². The summed E-state index contributed by atoms with van der Waals surface area (Å²) in [6, 6.07) is 18.3. The van der Waals surface area contributed by atoms with E-state index in [1.54, 1.807) is 24.3 Å². The Hall–Kier alpha value is -3.60. The first-order valence-electron chi connectivity index (χ1n) is 10.9. The van der Waals surface area contributed by atoms with E-state index in [1.807, 2.05) is 31.2 Å². The summed E-state index contributed by atoms with van der Waals surface area (Å²) in [4.78, 5) is 24.4. The summed E-state index contributed by atoms with van der Waals surface area (Å²) in [5.74, 6) is -0.473. The number of hydrogen-bond donors (Lipinski definition) is 2. The van der Waals surface area contributed by atoms with E-state index in [4.69, 9.17) is 27.9 Å². The van der Waals surface area contributed by atoms with Crippen LogP contribution in [0.15, 0.2) is 71.8 Å². The van der Waals surface area contributed by atoms with E-state index in [9.17, 15) is 18.0 Å². The Morgan fingerprint density at radius 2 is 1.65 bits per heavy atom. The zero-order chi connectivity index (χ0) is 27.0. The monoisotopic (exact) mass is 562 g/mol. The predicted octanol–water partition coefficient (Wildman–Crippen LogP) is 4.24. The van der Waals surface area contributed by atoms with Crippen molar-refractivity contribution in [2.24, 2.45) is 5.10 Å². The molecule has 2 N–H and O–H groups in total. The van der Waals surface area contributed by atoms with Crippen LogP contribution < -0.4 is 19.8 Å². The maximum Gasteiger partial charge on any atom is 0.262 e. The lowest BCUT2D eigenvalue weighted by Crippen LogP contribution is -2.39. The fourth-order valence-corrected chi connectivity index (χ4v) is 4.16.